The first-order valence-corrected chi connectivity index (χ1v) is 9.56. The molecule has 6 heteroatoms. The van der Waals surface area contributed by atoms with Crippen molar-refractivity contribution in [3.05, 3.63) is 29.3 Å². The Morgan fingerprint density at radius 1 is 1.25 bits per heavy atom. The number of ether oxygens (including phenoxy) is 1. The average molecular weight is 392 g/mol. The van der Waals surface area contributed by atoms with Crippen LogP contribution in [0.5, 0.6) is 0 Å². The second-order valence-electron chi connectivity index (χ2n) is 8.49. The van der Waals surface area contributed by atoms with Crippen LogP contribution in [0.1, 0.15) is 52.7 Å². The summed E-state index contributed by atoms with van der Waals surface area (Å²) in [6.45, 7) is 12.1. The Bertz CT molecular complexity index is 776. The van der Waals surface area contributed by atoms with E-state index in [4.69, 9.17) is 4.74 Å². The van der Waals surface area contributed by atoms with Crippen LogP contribution in [-0.2, 0) is 16.1 Å². The number of hydrogen-bond donors (Lipinski definition) is 1. The number of alkyl halides is 2. The largest absolute Gasteiger partial charge is 0.375 e. The Hall–Kier alpha value is -2.13. The summed E-state index contributed by atoms with van der Waals surface area (Å²) in [6, 6.07) is 6.26. The normalized spacial score (nSPS) is 15.0. The lowest BCUT2D eigenvalue weighted by atomic mass is 9.91. The minimum Gasteiger partial charge on any atom is -0.375 e. The van der Waals surface area contributed by atoms with Crippen molar-refractivity contribution in [1.82, 2.24) is 5.32 Å². The highest BCUT2D eigenvalue weighted by Crippen LogP contribution is 2.29. The van der Waals surface area contributed by atoms with Gasteiger partial charge in [0, 0.05) is 29.4 Å². The summed E-state index contributed by atoms with van der Waals surface area (Å²) in [6.07, 6.45) is -2.75. The number of fused-ring (bicyclic) bond motifs is 1. The zero-order valence-electron chi connectivity index (χ0n) is 17.5. The van der Waals surface area contributed by atoms with E-state index in [9.17, 15) is 13.6 Å². The third-order valence-corrected chi connectivity index (χ3v) is 4.87. The number of nitrogens with one attached hydrogen (secondary N) is 1. The van der Waals surface area contributed by atoms with Crippen LogP contribution in [0.2, 0.25) is 0 Å². The van der Waals surface area contributed by atoms with Crippen LogP contribution in [-0.4, -0.2) is 37.1 Å². The topological polar surface area (TPSA) is 41.6 Å². The van der Waals surface area contributed by atoms with Gasteiger partial charge >= 0.3 is 0 Å². The van der Waals surface area contributed by atoms with Crippen molar-refractivity contribution in [2.75, 3.05) is 18.1 Å². The smallest absolute Gasteiger partial charge is 0.252 e. The summed E-state index contributed by atoms with van der Waals surface area (Å²) >= 11 is 0. The lowest BCUT2D eigenvalue weighted by molar-refractivity contribution is -0.138. The third kappa shape index (κ3) is 5.02. The van der Waals surface area contributed by atoms with E-state index >= 15 is 0 Å². The number of amides is 1. The predicted molar refractivity (Wildman–Crippen MR) is 107 cm³/mol. The van der Waals surface area contributed by atoms with Gasteiger partial charge in [-0.1, -0.05) is 17.9 Å². The number of hydrogen-bond acceptors (Lipinski definition) is 3. The van der Waals surface area contributed by atoms with Gasteiger partial charge in [0.05, 0.1) is 18.8 Å². The molecule has 0 unspecified atom stereocenters. The van der Waals surface area contributed by atoms with E-state index in [1.165, 1.54) is 13.8 Å². The second-order valence-corrected chi connectivity index (χ2v) is 8.49. The van der Waals surface area contributed by atoms with Gasteiger partial charge in [0.2, 0.25) is 5.91 Å². The zero-order chi connectivity index (χ0) is 21.1. The molecule has 0 saturated carbocycles. The summed E-state index contributed by atoms with van der Waals surface area (Å²) in [5.74, 6) is 5.44. The predicted octanol–water partition coefficient (Wildman–Crippen LogP) is 3.97. The molecular formula is C22H30F2N2O2. The monoisotopic (exact) mass is 392 g/mol. The number of carbonyl (C=O) groups excluding carboxylic acids is 1. The highest BCUT2D eigenvalue weighted by atomic mass is 19.3. The average Bonchev–Trinajstić information content (AvgIpc) is 2.82. The Morgan fingerprint density at radius 3 is 2.54 bits per heavy atom. The molecule has 0 aromatic heterocycles. The molecule has 1 aliphatic heterocycles. The molecule has 1 N–H and O–H groups in total. The first kappa shape index (κ1) is 22.2. The van der Waals surface area contributed by atoms with Gasteiger partial charge in [-0.25, -0.2) is 8.78 Å². The van der Waals surface area contributed by atoms with Crippen LogP contribution in [0.4, 0.5) is 14.5 Å². The lowest BCUT2D eigenvalue weighted by Gasteiger charge is -2.29. The van der Waals surface area contributed by atoms with Crippen LogP contribution < -0.4 is 10.2 Å². The molecule has 1 aromatic carbocycles. The van der Waals surface area contributed by atoms with Gasteiger partial charge in [-0.2, -0.15) is 0 Å². The standard InChI is InChI=1S/C22H30F2N2O2/c1-15(2)26-12-13-28-14-17-16(8-7-9-18(17)26)10-11-21(3,4)25-20(27)22(5,6)19(23)24/h7-9,15,19H,12-14H2,1-6H3,(H,25,27). The van der Waals surface area contributed by atoms with E-state index < -0.39 is 23.3 Å². The molecule has 0 fully saturated rings. The highest BCUT2D eigenvalue weighted by Gasteiger charge is 2.39. The fourth-order valence-corrected chi connectivity index (χ4v) is 2.91. The fourth-order valence-electron chi connectivity index (χ4n) is 2.91. The van der Waals surface area contributed by atoms with Gasteiger partial charge in [0.25, 0.3) is 6.43 Å². The molecule has 1 heterocycles. The Balaban J connectivity index is 2.31. The van der Waals surface area contributed by atoms with Crippen molar-refractivity contribution < 1.29 is 18.3 Å². The highest BCUT2D eigenvalue weighted by molar-refractivity contribution is 5.83. The number of rotatable bonds is 4. The molecule has 1 aromatic rings. The van der Waals surface area contributed by atoms with Crippen LogP contribution >= 0.6 is 0 Å². The lowest BCUT2D eigenvalue weighted by Crippen LogP contribution is -2.50. The molecule has 28 heavy (non-hydrogen) atoms. The SMILES string of the molecule is CC(C)N1CCOCc2c(C#CC(C)(C)NC(=O)C(C)(C)C(F)F)cccc21. The van der Waals surface area contributed by atoms with Crippen molar-refractivity contribution in [2.45, 2.75) is 66.2 Å². The molecule has 0 radical (unpaired) electrons. The quantitative estimate of drug-likeness (QED) is 0.789. The number of carbonyl (C=O) groups is 1. The van der Waals surface area contributed by atoms with Crippen LogP contribution in [0, 0.1) is 17.3 Å². The summed E-state index contributed by atoms with van der Waals surface area (Å²) in [4.78, 5) is 14.5. The maximum atomic E-state index is 13.1. The number of halogens is 2. The van der Waals surface area contributed by atoms with Gasteiger partial charge in [-0.3, -0.25) is 4.79 Å². The van der Waals surface area contributed by atoms with E-state index in [0.717, 1.165) is 23.4 Å². The van der Waals surface area contributed by atoms with Crippen LogP contribution in [0.25, 0.3) is 0 Å². The van der Waals surface area contributed by atoms with E-state index in [1.807, 2.05) is 12.1 Å². The molecule has 2 rings (SSSR count). The summed E-state index contributed by atoms with van der Waals surface area (Å²) in [5, 5.41) is 2.63. The first-order valence-electron chi connectivity index (χ1n) is 9.56. The fraction of sp³-hybridized carbons (Fsp3) is 0.591. The Morgan fingerprint density at radius 2 is 1.93 bits per heavy atom. The third-order valence-electron chi connectivity index (χ3n) is 4.87. The maximum absolute atomic E-state index is 13.1. The molecular weight excluding hydrogens is 362 g/mol. The van der Waals surface area contributed by atoms with Gasteiger partial charge in [-0.15, -0.1) is 0 Å². The van der Waals surface area contributed by atoms with E-state index in [0.29, 0.717) is 19.3 Å². The van der Waals surface area contributed by atoms with Crippen LogP contribution in [0.3, 0.4) is 0 Å². The summed E-state index contributed by atoms with van der Waals surface area (Å²) in [5.41, 5.74) is 0.209. The maximum Gasteiger partial charge on any atom is 0.252 e. The van der Waals surface area contributed by atoms with Crippen molar-refractivity contribution >= 4 is 11.6 Å². The van der Waals surface area contributed by atoms with E-state index in [-0.39, 0.29) is 0 Å². The van der Waals surface area contributed by atoms with E-state index in [2.05, 4.69) is 42.0 Å². The zero-order valence-corrected chi connectivity index (χ0v) is 17.5. The van der Waals surface area contributed by atoms with Crippen molar-refractivity contribution in [2.24, 2.45) is 5.41 Å². The Kier molecular flexibility index (Phi) is 6.71. The number of anilines is 1. The number of benzene rings is 1. The van der Waals surface area contributed by atoms with Gasteiger partial charge in [-0.05, 0) is 53.7 Å². The first-order chi connectivity index (χ1) is 13.0. The minimum absolute atomic E-state index is 0.330. The van der Waals surface area contributed by atoms with Gasteiger partial charge < -0.3 is 15.0 Å². The molecule has 1 aliphatic rings. The second kappa shape index (κ2) is 8.48. The molecule has 4 nitrogen and oxygen atoms in total. The molecule has 154 valence electrons. The minimum atomic E-state index is -2.75. The van der Waals surface area contributed by atoms with Gasteiger partial charge in [0.15, 0.2) is 0 Å². The van der Waals surface area contributed by atoms with Crippen LogP contribution in [0.15, 0.2) is 18.2 Å². The number of nitrogens with zero attached hydrogens (tertiary/aromatic N) is 1. The van der Waals surface area contributed by atoms with Crippen molar-refractivity contribution in [3.63, 3.8) is 0 Å². The van der Waals surface area contributed by atoms with Crippen molar-refractivity contribution in [3.8, 4) is 11.8 Å². The molecule has 0 atom stereocenters. The summed E-state index contributed by atoms with van der Waals surface area (Å²) in [7, 11) is 0. The molecule has 0 saturated heterocycles. The van der Waals surface area contributed by atoms with Crippen molar-refractivity contribution in [1.29, 1.82) is 0 Å². The molecule has 1 amide bonds. The molecule has 0 aliphatic carbocycles. The van der Waals surface area contributed by atoms with E-state index in [1.54, 1.807) is 13.8 Å². The summed E-state index contributed by atoms with van der Waals surface area (Å²) < 4.78 is 32.0. The van der Waals surface area contributed by atoms with Gasteiger partial charge in [0.1, 0.15) is 5.41 Å². The Labute approximate surface area is 166 Å². The molecule has 0 bridgehead atoms. The molecule has 0 spiro atoms.